The molecule has 0 spiro atoms. The van der Waals surface area contributed by atoms with E-state index in [1.54, 1.807) is 0 Å². The van der Waals surface area contributed by atoms with Crippen molar-refractivity contribution in [2.45, 2.75) is 52.1 Å². The van der Waals surface area contributed by atoms with E-state index in [0.29, 0.717) is 11.8 Å². The average Bonchev–Trinajstić information content (AvgIpc) is 3.08. The van der Waals surface area contributed by atoms with Gasteiger partial charge in [0.2, 0.25) is 0 Å². The van der Waals surface area contributed by atoms with Crippen LogP contribution in [0.5, 0.6) is 5.75 Å². The third kappa shape index (κ3) is 2.21. The maximum absolute atomic E-state index is 11.5. The summed E-state index contributed by atoms with van der Waals surface area (Å²) in [7, 11) is 0. The van der Waals surface area contributed by atoms with Gasteiger partial charge in [-0.2, -0.15) is 0 Å². The summed E-state index contributed by atoms with van der Waals surface area (Å²) in [5.74, 6) is 1.81. The molecule has 1 heterocycles. The summed E-state index contributed by atoms with van der Waals surface area (Å²) < 4.78 is 6.15. The molecule has 21 heavy (non-hydrogen) atoms. The summed E-state index contributed by atoms with van der Waals surface area (Å²) in [6.45, 7) is 10.7. The molecule has 1 fully saturated rings. The number of allylic oxidation sites excluding steroid dienone is 1. The molecule has 0 aromatic heterocycles. The Morgan fingerprint density at radius 2 is 2.00 bits per heavy atom. The summed E-state index contributed by atoms with van der Waals surface area (Å²) in [6.07, 6.45) is 4.28. The van der Waals surface area contributed by atoms with Gasteiger partial charge in [-0.1, -0.05) is 32.9 Å². The zero-order valence-electron chi connectivity index (χ0n) is 13.6. The van der Waals surface area contributed by atoms with Gasteiger partial charge in [0.05, 0.1) is 5.41 Å². The number of aldehydes is 1. The van der Waals surface area contributed by atoms with Gasteiger partial charge in [0.25, 0.3) is 0 Å². The zero-order chi connectivity index (χ0) is 15.4. The minimum absolute atomic E-state index is 0.276. The Morgan fingerprint density at radius 3 is 2.52 bits per heavy atom. The SMILES string of the molecule is CC(C)C1=CC(C)(C)Oc2cc([C@@]3(C=O)C[C@@H]3C)ccc21. The first kappa shape index (κ1) is 14.4. The number of benzene rings is 1. The van der Waals surface area contributed by atoms with E-state index in [-0.39, 0.29) is 11.0 Å². The van der Waals surface area contributed by atoms with E-state index in [9.17, 15) is 4.79 Å². The molecule has 2 atom stereocenters. The van der Waals surface area contributed by atoms with E-state index in [1.165, 1.54) is 11.1 Å². The van der Waals surface area contributed by atoms with E-state index in [2.05, 4.69) is 58.9 Å². The lowest BCUT2D eigenvalue weighted by molar-refractivity contribution is -0.110. The zero-order valence-corrected chi connectivity index (χ0v) is 13.6. The van der Waals surface area contributed by atoms with Gasteiger partial charge in [0, 0.05) is 5.56 Å². The van der Waals surface area contributed by atoms with Gasteiger partial charge in [0.15, 0.2) is 0 Å². The standard InChI is InChI=1S/C19H24O2/c1-12(2)16-10-18(4,5)21-17-8-14(6-7-15(16)17)19(11-20)9-13(19)3/h6-8,10-13H,9H2,1-5H3/t13-,19+/m0/s1. The first-order valence-corrected chi connectivity index (χ1v) is 7.82. The van der Waals surface area contributed by atoms with Gasteiger partial charge in [-0.15, -0.1) is 0 Å². The average molecular weight is 284 g/mol. The fourth-order valence-corrected chi connectivity index (χ4v) is 3.46. The van der Waals surface area contributed by atoms with Crippen LogP contribution in [0.1, 0.15) is 52.2 Å². The predicted molar refractivity (Wildman–Crippen MR) is 85.5 cm³/mol. The molecule has 0 N–H and O–H groups in total. The molecule has 112 valence electrons. The van der Waals surface area contributed by atoms with E-state index in [1.807, 2.05) is 0 Å². The van der Waals surface area contributed by atoms with E-state index in [0.717, 1.165) is 24.0 Å². The van der Waals surface area contributed by atoms with Crippen molar-refractivity contribution < 1.29 is 9.53 Å². The van der Waals surface area contributed by atoms with Crippen molar-refractivity contribution in [1.82, 2.24) is 0 Å². The highest BCUT2D eigenvalue weighted by molar-refractivity contribution is 5.78. The number of hydrogen-bond donors (Lipinski definition) is 0. The molecule has 2 nitrogen and oxygen atoms in total. The first-order chi connectivity index (χ1) is 9.79. The maximum Gasteiger partial charge on any atom is 0.130 e. The van der Waals surface area contributed by atoms with Crippen LogP contribution in [0.15, 0.2) is 24.3 Å². The van der Waals surface area contributed by atoms with E-state index >= 15 is 0 Å². The lowest BCUT2D eigenvalue weighted by Crippen LogP contribution is -2.30. The van der Waals surface area contributed by atoms with Crippen LogP contribution in [-0.4, -0.2) is 11.9 Å². The van der Waals surface area contributed by atoms with E-state index < -0.39 is 0 Å². The summed E-state index contributed by atoms with van der Waals surface area (Å²) in [6, 6.07) is 6.32. The van der Waals surface area contributed by atoms with Crippen molar-refractivity contribution in [2.24, 2.45) is 11.8 Å². The third-order valence-corrected chi connectivity index (χ3v) is 4.90. The fraction of sp³-hybridized carbons (Fsp3) is 0.526. The van der Waals surface area contributed by atoms with Crippen molar-refractivity contribution >= 4 is 11.9 Å². The number of rotatable bonds is 3. The van der Waals surface area contributed by atoms with Crippen molar-refractivity contribution in [3.63, 3.8) is 0 Å². The Morgan fingerprint density at radius 1 is 1.33 bits per heavy atom. The van der Waals surface area contributed by atoms with Crippen LogP contribution in [-0.2, 0) is 10.2 Å². The molecule has 2 heteroatoms. The molecule has 1 aliphatic carbocycles. The number of carbonyl (C=O) groups excluding carboxylic acids is 1. The second-order valence-electron chi connectivity index (χ2n) is 7.43. The van der Waals surface area contributed by atoms with Crippen molar-refractivity contribution in [2.75, 3.05) is 0 Å². The highest BCUT2D eigenvalue weighted by atomic mass is 16.5. The quantitative estimate of drug-likeness (QED) is 0.770. The summed E-state index contributed by atoms with van der Waals surface area (Å²) in [5, 5.41) is 0. The van der Waals surface area contributed by atoms with Crippen molar-refractivity contribution in [3.05, 3.63) is 35.4 Å². The van der Waals surface area contributed by atoms with Crippen LogP contribution in [0.25, 0.3) is 5.57 Å². The molecule has 1 aliphatic heterocycles. The lowest BCUT2D eigenvalue weighted by atomic mass is 9.85. The molecule has 3 rings (SSSR count). The Balaban J connectivity index is 2.08. The van der Waals surface area contributed by atoms with Gasteiger partial charge in [-0.3, -0.25) is 0 Å². The van der Waals surface area contributed by atoms with Crippen LogP contribution in [0, 0.1) is 11.8 Å². The normalized spacial score (nSPS) is 29.4. The predicted octanol–water partition coefficient (Wildman–Crippen LogP) is 4.37. The number of carbonyl (C=O) groups is 1. The van der Waals surface area contributed by atoms with Crippen molar-refractivity contribution in [1.29, 1.82) is 0 Å². The van der Waals surface area contributed by atoms with Crippen LogP contribution in [0.4, 0.5) is 0 Å². The molecule has 1 saturated carbocycles. The minimum Gasteiger partial charge on any atom is -0.483 e. The van der Waals surface area contributed by atoms with Crippen LogP contribution in [0.2, 0.25) is 0 Å². The van der Waals surface area contributed by atoms with Gasteiger partial charge in [0.1, 0.15) is 17.6 Å². The molecule has 2 aliphatic rings. The lowest BCUT2D eigenvalue weighted by Gasteiger charge is -2.33. The van der Waals surface area contributed by atoms with Crippen molar-refractivity contribution in [3.8, 4) is 5.75 Å². The highest BCUT2D eigenvalue weighted by Crippen LogP contribution is 2.54. The Bertz CT molecular complexity index is 624. The highest BCUT2D eigenvalue weighted by Gasteiger charge is 2.52. The van der Waals surface area contributed by atoms with Gasteiger partial charge < -0.3 is 9.53 Å². The van der Waals surface area contributed by atoms with Crippen LogP contribution in [0.3, 0.4) is 0 Å². The molecule has 0 bridgehead atoms. The smallest absolute Gasteiger partial charge is 0.130 e. The molecule has 0 amide bonds. The number of fused-ring (bicyclic) bond motifs is 1. The molecule has 1 aromatic carbocycles. The summed E-state index contributed by atoms with van der Waals surface area (Å²) in [5.41, 5.74) is 3.03. The Hall–Kier alpha value is -1.57. The maximum atomic E-state index is 11.5. The second kappa shape index (κ2) is 4.46. The molecule has 0 unspecified atom stereocenters. The third-order valence-electron chi connectivity index (χ3n) is 4.90. The molecule has 0 saturated heterocycles. The van der Waals surface area contributed by atoms with Gasteiger partial charge in [-0.25, -0.2) is 0 Å². The molecule has 0 radical (unpaired) electrons. The monoisotopic (exact) mass is 284 g/mol. The molecular formula is C19H24O2. The first-order valence-electron chi connectivity index (χ1n) is 7.82. The molecular weight excluding hydrogens is 260 g/mol. The van der Waals surface area contributed by atoms with Gasteiger partial charge in [-0.05, 0) is 55.4 Å². The second-order valence-corrected chi connectivity index (χ2v) is 7.43. The summed E-state index contributed by atoms with van der Waals surface area (Å²) in [4.78, 5) is 11.5. The molecule has 1 aromatic rings. The Kier molecular flexibility index (Phi) is 3.05. The summed E-state index contributed by atoms with van der Waals surface area (Å²) >= 11 is 0. The Labute approximate surface area is 127 Å². The fourth-order valence-electron chi connectivity index (χ4n) is 3.46. The number of ether oxygens (including phenoxy) is 1. The van der Waals surface area contributed by atoms with E-state index in [4.69, 9.17) is 4.74 Å². The number of hydrogen-bond acceptors (Lipinski definition) is 2. The topological polar surface area (TPSA) is 26.3 Å². The van der Waals surface area contributed by atoms with Gasteiger partial charge >= 0.3 is 0 Å². The minimum atomic E-state index is -0.297. The van der Waals surface area contributed by atoms with Crippen LogP contribution >= 0.6 is 0 Å². The largest absolute Gasteiger partial charge is 0.483 e. The van der Waals surface area contributed by atoms with Crippen LogP contribution < -0.4 is 4.74 Å².